The molecule has 0 atom stereocenters. The van der Waals surface area contributed by atoms with E-state index in [1.165, 1.54) is 6.20 Å². The first-order valence-corrected chi connectivity index (χ1v) is 6.20. The average Bonchev–Trinajstić information content (AvgIpc) is 2.85. The summed E-state index contributed by atoms with van der Waals surface area (Å²) < 4.78 is 4.86. The van der Waals surface area contributed by atoms with Crippen LogP contribution in [0, 0.1) is 18.8 Å². The lowest BCUT2D eigenvalue weighted by molar-refractivity contribution is 0.102. The Hall–Kier alpha value is -2.29. The predicted molar refractivity (Wildman–Crippen MR) is 76.6 cm³/mol. The zero-order valence-corrected chi connectivity index (χ0v) is 11.5. The van der Waals surface area contributed by atoms with Crippen LogP contribution in [0.25, 0.3) is 0 Å². The van der Waals surface area contributed by atoms with Gasteiger partial charge < -0.3 is 15.6 Å². The van der Waals surface area contributed by atoms with E-state index in [9.17, 15) is 4.79 Å². The molecule has 2 rings (SSSR count). The summed E-state index contributed by atoms with van der Waals surface area (Å²) in [4.78, 5) is 12.1. The van der Waals surface area contributed by atoms with Gasteiger partial charge in [0, 0.05) is 10.6 Å². The van der Waals surface area contributed by atoms with Crippen LogP contribution in [0.4, 0.5) is 5.69 Å². The Labute approximate surface area is 121 Å². The molecule has 1 aromatic carbocycles. The summed E-state index contributed by atoms with van der Waals surface area (Å²) in [5.74, 6) is 5.73. The number of carbonyl (C=O) groups is 1. The first kappa shape index (κ1) is 14.1. The molecule has 0 radical (unpaired) electrons. The molecule has 20 heavy (non-hydrogen) atoms. The molecule has 1 aromatic heterocycles. The van der Waals surface area contributed by atoms with E-state index < -0.39 is 0 Å². The molecule has 0 fully saturated rings. The van der Waals surface area contributed by atoms with Crippen LogP contribution in [-0.4, -0.2) is 17.6 Å². The van der Waals surface area contributed by atoms with Crippen molar-refractivity contribution >= 4 is 23.2 Å². The Morgan fingerprint density at radius 3 is 3.00 bits per heavy atom. The standard InChI is InChI=1S/C14H12ClN3O2/c1-9-12(8-17-20-9)14(19)18-13-5-4-11(15)7-10(13)3-2-6-16/h4-5,7-8H,6,16H2,1H3,(H,18,19). The molecule has 0 aliphatic carbocycles. The van der Waals surface area contributed by atoms with E-state index in [4.69, 9.17) is 21.9 Å². The minimum atomic E-state index is -0.318. The lowest BCUT2D eigenvalue weighted by atomic mass is 10.1. The summed E-state index contributed by atoms with van der Waals surface area (Å²) in [6, 6.07) is 5.02. The van der Waals surface area contributed by atoms with Crippen LogP contribution in [0.5, 0.6) is 0 Å². The van der Waals surface area contributed by atoms with Gasteiger partial charge in [-0.05, 0) is 25.1 Å². The maximum absolute atomic E-state index is 12.1. The van der Waals surface area contributed by atoms with Crippen LogP contribution in [0.15, 0.2) is 28.9 Å². The number of nitrogens with zero attached hydrogens (tertiary/aromatic N) is 1. The third kappa shape index (κ3) is 3.18. The molecule has 2 aromatic rings. The topological polar surface area (TPSA) is 81.2 Å². The van der Waals surface area contributed by atoms with E-state index >= 15 is 0 Å². The first-order valence-electron chi connectivity index (χ1n) is 5.83. The second-order valence-corrected chi connectivity index (χ2v) is 4.38. The molecule has 102 valence electrons. The summed E-state index contributed by atoms with van der Waals surface area (Å²) in [5.41, 5.74) is 6.88. The number of nitrogens with two attached hydrogens (primary N) is 1. The molecule has 0 unspecified atom stereocenters. The number of hydrogen-bond donors (Lipinski definition) is 2. The van der Waals surface area contributed by atoms with Gasteiger partial charge >= 0.3 is 0 Å². The lowest BCUT2D eigenvalue weighted by Crippen LogP contribution is -2.13. The maximum Gasteiger partial charge on any atom is 0.260 e. The number of anilines is 1. The fourth-order valence-corrected chi connectivity index (χ4v) is 1.75. The van der Waals surface area contributed by atoms with Crippen molar-refractivity contribution in [1.82, 2.24) is 5.16 Å². The Bertz CT molecular complexity index is 698. The smallest absolute Gasteiger partial charge is 0.260 e. The summed E-state index contributed by atoms with van der Waals surface area (Å²) in [6.07, 6.45) is 1.37. The van der Waals surface area contributed by atoms with Crippen LogP contribution in [0.1, 0.15) is 21.7 Å². The number of aromatic nitrogens is 1. The van der Waals surface area contributed by atoms with Crippen molar-refractivity contribution < 1.29 is 9.32 Å². The monoisotopic (exact) mass is 289 g/mol. The van der Waals surface area contributed by atoms with Crippen LogP contribution < -0.4 is 11.1 Å². The quantitative estimate of drug-likeness (QED) is 0.831. The van der Waals surface area contributed by atoms with Crippen molar-refractivity contribution in [2.75, 3.05) is 11.9 Å². The number of carbonyl (C=O) groups excluding carboxylic acids is 1. The Balaban J connectivity index is 2.29. The second kappa shape index (κ2) is 6.24. The fraction of sp³-hybridized carbons (Fsp3) is 0.143. The molecular weight excluding hydrogens is 278 g/mol. The highest BCUT2D eigenvalue weighted by Gasteiger charge is 2.14. The van der Waals surface area contributed by atoms with Crippen molar-refractivity contribution in [2.24, 2.45) is 5.73 Å². The molecule has 5 nitrogen and oxygen atoms in total. The van der Waals surface area contributed by atoms with Crippen LogP contribution in [-0.2, 0) is 0 Å². The number of hydrogen-bond acceptors (Lipinski definition) is 4. The van der Waals surface area contributed by atoms with Gasteiger partial charge in [-0.2, -0.15) is 0 Å². The van der Waals surface area contributed by atoms with E-state index in [1.54, 1.807) is 25.1 Å². The third-order valence-electron chi connectivity index (χ3n) is 2.55. The van der Waals surface area contributed by atoms with Crippen molar-refractivity contribution in [3.05, 3.63) is 46.3 Å². The number of nitrogens with one attached hydrogen (secondary N) is 1. The number of benzene rings is 1. The molecule has 0 aliphatic heterocycles. The van der Waals surface area contributed by atoms with Crippen LogP contribution in [0.2, 0.25) is 5.02 Å². The lowest BCUT2D eigenvalue weighted by Gasteiger charge is -2.07. The van der Waals surface area contributed by atoms with E-state index in [0.29, 0.717) is 27.6 Å². The summed E-state index contributed by atoms with van der Waals surface area (Å²) in [6.45, 7) is 1.89. The minimum Gasteiger partial charge on any atom is -0.361 e. The number of amides is 1. The molecule has 1 heterocycles. The first-order chi connectivity index (χ1) is 9.61. The van der Waals surface area contributed by atoms with Crippen molar-refractivity contribution in [3.63, 3.8) is 0 Å². The van der Waals surface area contributed by atoms with Crippen LogP contribution in [0.3, 0.4) is 0 Å². The molecule has 6 heteroatoms. The second-order valence-electron chi connectivity index (χ2n) is 3.95. The Morgan fingerprint density at radius 2 is 2.35 bits per heavy atom. The van der Waals surface area contributed by atoms with Gasteiger partial charge in [-0.25, -0.2) is 0 Å². The number of halogens is 1. The number of aryl methyl sites for hydroxylation is 1. The van der Waals surface area contributed by atoms with Crippen LogP contribution >= 0.6 is 11.6 Å². The zero-order valence-electron chi connectivity index (χ0n) is 10.7. The molecule has 0 bridgehead atoms. The van der Waals surface area contributed by atoms with Gasteiger partial charge in [-0.3, -0.25) is 4.79 Å². The van der Waals surface area contributed by atoms with Gasteiger partial charge in [0.1, 0.15) is 11.3 Å². The summed E-state index contributed by atoms with van der Waals surface area (Å²) >= 11 is 5.92. The highest BCUT2D eigenvalue weighted by molar-refractivity contribution is 6.30. The fourth-order valence-electron chi connectivity index (χ4n) is 1.58. The van der Waals surface area contributed by atoms with Crippen molar-refractivity contribution in [1.29, 1.82) is 0 Å². The largest absolute Gasteiger partial charge is 0.361 e. The summed E-state index contributed by atoms with van der Waals surface area (Å²) in [7, 11) is 0. The SMILES string of the molecule is Cc1oncc1C(=O)Nc1ccc(Cl)cc1C#CCN. The van der Waals surface area contributed by atoms with Crippen molar-refractivity contribution in [3.8, 4) is 11.8 Å². The zero-order chi connectivity index (χ0) is 14.5. The average molecular weight is 290 g/mol. The maximum atomic E-state index is 12.1. The number of rotatable bonds is 2. The van der Waals surface area contributed by atoms with Gasteiger partial charge in [0.15, 0.2) is 0 Å². The molecule has 0 aliphatic rings. The van der Waals surface area contributed by atoms with Gasteiger partial charge in [0.2, 0.25) is 0 Å². The molecular formula is C14H12ClN3O2. The highest BCUT2D eigenvalue weighted by Crippen LogP contribution is 2.21. The molecule has 0 saturated carbocycles. The van der Waals surface area contributed by atoms with Gasteiger partial charge in [-0.1, -0.05) is 28.6 Å². The van der Waals surface area contributed by atoms with Gasteiger partial charge in [-0.15, -0.1) is 0 Å². The van der Waals surface area contributed by atoms with E-state index in [1.807, 2.05) is 0 Å². The predicted octanol–water partition coefficient (Wildman–Crippen LogP) is 2.20. The third-order valence-corrected chi connectivity index (χ3v) is 2.79. The van der Waals surface area contributed by atoms with Gasteiger partial charge in [0.25, 0.3) is 5.91 Å². The van der Waals surface area contributed by atoms with E-state index in [0.717, 1.165) is 0 Å². The molecule has 0 saturated heterocycles. The normalized spacial score (nSPS) is 9.75. The molecule has 0 spiro atoms. The van der Waals surface area contributed by atoms with Crippen molar-refractivity contribution in [2.45, 2.75) is 6.92 Å². The summed E-state index contributed by atoms with van der Waals surface area (Å²) in [5, 5.41) is 6.85. The minimum absolute atomic E-state index is 0.227. The molecule has 3 N–H and O–H groups in total. The van der Waals surface area contributed by atoms with Gasteiger partial charge in [0.05, 0.1) is 18.4 Å². The van der Waals surface area contributed by atoms with E-state index in [2.05, 4.69) is 22.3 Å². The Kier molecular flexibility index (Phi) is 4.41. The van der Waals surface area contributed by atoms with E-state index in [-0.39, 0.29) is 12.5 Å². The Morgan fingerprint density at radius 1 is 1.55 bits per heavy atom. The molecule has 1 amide bonds. The highest BCUT2D eigenvalue weighted by atomic mass is 35.5.